The highest BCUT2D eigenvalue weighted by molar-refractivity contribution is 5.52. The van der Waals surface area contributed by atoms with E-state index in [0.717, 1.165) is 49.4 Å². The molecule has 3 rings (SSSR count). The van der Waals surface area contributed by atoms with Gasteiger partial charge < -0.3 is 11.1 Å². The summed E-state index contributed by atoms with van der Waals surface area (Å²) in [5, 5.41) is 3.23. The van der Waals surface area contributed by atoms with Gasteiger partial charge in [-0.1, -0.05) is 6.92 Å². The number of aryl methyl sites for hydroxylation is 1. The number of pyridine rings is 1. The molecule has 2 aromatic heterocycles. The molecule has 0 amide bonds. The molecule has 23 heavy (non-hydrogen) atoms. The van der Waals surface area contributed by atoms with E-state index < -0.39 is 0 Å². The summed E-state index contributed by atoms with van der Waals surface area (Å²) in [7, 11) is 0. The van der Waals surface area contributed by atoms with Crippen LogP contribution in [0.4, 0.5) is 11.6 Å². The van der Waals surface area contributed by atoms with Gasteiger partial charge in [0.05, 0.1) is 17.6 Å². The summed E-state index contributed by atoms with van der Waals surface area (Å²) >= 11 is 0. The van der Waals surface area contributed by atoms with Crippen molar-refractivity contribution >= 4 is 11.6 Å². The van der Waals surface area contributed by atoms with Crippen molar-refractivity contribution in [2.24, 2.45) is 5.73 Å². The smallest absolute Gasteiger partial charge is 0.227 e. The van der Waals surface area contributed by atoms with Crippen LogP contribution in [-0.4, -0.2) is 32.4 Å². The highest BCUT2D eigenvalue weighted by Crippen LogP contribution is 2.26. The van der Waals surface area contributed by atoms with Gasteiger partial charge in [-0.05, 0) is 37.9 Å². The van der Waals surface area contributed by atoms with Crippen molar-refractivity contribution < 1.29 is 0 Å². The second-order valence-corrected chi connectivity index (χ2v) is 6.09. The Balaban J connectivity index is 1.72. The lowest BCUT2D eigenvalue weighted by Crippen LogP contribution is -2.32. The number of anilines is 2. The molecular weight excluding hydrogens is 288 g/mol. The van der Waals surface area contributed by atoms with Crippen molar-refractivity contribution in [3.8, 4) is 0 Å². The van der Waals surface area contributed by atoms with Crippen molar-refractivity contribution in [3.63, 3.8) is 0 Å². The van der Waals surface area contributed by atoms with Crippen LogP contribution in [0.2, 0.25) is 0 Å². The maximum absolute atomic E-state index is 5.73. The third kappa shape index (κ3) is 3.65. The van der Waals surface area contributed by atoms with Gasteiger partial charge in [-0.25, -0.2) is 9.97 Å². The molecule has 3 N–H and O–H groups in total. The van der Waals surface area contributed by atoms with E-state index >= 15 is 0 Å². The van der Waals surface area contributed by atoms with Crippen LogP contribution < -0.4 is 11.1 Å². The number of rotatable bonds is 6. The summed E-state index contributed by atoms with van der Waals surface area (Å²) in [6, 6.07) is 2.55. The third-order valence-corrected chi connectivity index (χ3v) is 4.30. The Morgan fingerprint density at radius 3 is 2.91 bits per heavy atom. The van der Waals surface area contributed by atoms with Crippen molar-refractivity contribution in [2.75, 3.05) is 11.9 Å². The van der Waals surface area contributed by atoms with Crippen LogP contribution in [0.15, 0.2) is 24.7 Å². The monoisotopic (exact) mass is 312 g/mol. The summed E-state index contributed by atoms with van der Waals surface area (Å²) < 4.78 is 0. The molecule has 1 unspecified atom stereocenters. The van der Waals surface area contributed by atoms with Crippen molar-refractivity contribution in [1.29, 1.82) is 0 Å². The van der Waals surface area contributed by atoms with Gasteiger partial charge in [0.2, 0.25) is 5.95 Å². The van der Waals surface area contributed by atoms with Crippen molar-refractivity contribution in [1.82, 2.24) is 19.9 Å². The molecule has 0 fully saturated rings. The summed E-state index contributed by atoms with van der Waals surface area (Å²) in [6.07, 6.45) is 7.68. The maximum atomic E-state index is 5.73. The predicted molar refractivity (Wildman–Crippen MR) is 91.3 cm³/mol. The fraction of sp³-hybridized carbons (Fsp3) is 0.471. The molecule has 2 aromatic rings. The number of aromatic nitrogens is 3. The summed E-state index contributed by atoms with van der Waals surface area (Å²) in [5.41, 5.74) is 10.1. The summed E-state index contributed by atoms with van der Waals surface area (Å²) in [5.74, 6) is 0.630. The third-order valence-electron chi connectivity index (χ3n) is 4.30. The lowest BCUT2D eigenvalue weighted by atomic mass is 10.1. The SMILES string of the molecule is CCC(CCN)N1Cc2cnc(Nc3cncc(C)c3)nc2C1. The molecular formula is C17H24N6. The van der Waals surface area contributed by atoms with E-state index in [2.05, 4.69) is 32.1 Å². The van der Waals surface area contributed by atoms with Gasteiger partial charge in [-0.15, -0.1) is 0 Å². The first-order valence-corrected chi connectivity index (χ1v) is 8.17. The van der Waals surface area contributed by atoms with Gasteiger partial charge in [0.15, 0.2) is 0 Å². The Kier molecular flexibility index (Phi) is 4.83. The number of nitrogens with zero attached hydrogens (tertiary/aromatic N) is 4. The van der Waals surface area contributed by atoms with Gasteiger partial charge in [0.25, 0.3) is 0 Å². The largest absolute Gasteiger partial charge is 0.330 e. The highest BCUT2D eigenvalue weighted by atomic mass is 15.2. The van der Waals surface area contributed by atoms with Gasteiger partial charge in [-0.2, -0.15) is 0 Å². The first kappa shape index (κ1) is 15.8. The van der Waals surface area contributed by atoms with E-state index in [0.29, 0.717) is 12.0 Å². The lowest BCUT2D eigenvalue weighted by molar-refractivity contribution is 0.184. The second kappa shape index (κ2) is 7.02. The maximum Gasteiger partial charge on any atom is 0.227 e. The first-order valence-electron chi connectivity index (χ1n) is 8.17. The standard InChI is InChI=1S/C17H24N6/c1-3-15(4-5-18)23-10-13-8-20-17(22-16(13)11-23)21-14-6-12(2)7-19-9-14/h6-9,15H,3-5,10-11,18H2,1-2H3,(H,20,21,22). The zero-order valence-corrected chi connectivity index (χ0v) is 13.8. The molecule has 0 aromatic carbocycles. The summed E-state index contributed by atoms with van der Waals surface area (Å²) in [4.78, 5) is 15.8. The fourth-order valence-corrected chi connectivity index (χ4v) is 3.09. The predicted octanol–water partition coefficient (Wildman–Crippen LogP) is 2.37. The van der Waals surface area contributed by atoms with Gasteiger partial charge >= 0.3 is 0 Å². The Morgan fingerprint density at radius 2 is 2.17 bits per heavy atom. The average Bonchev–Trinajstić information content (AvgIpc) is 2.95. The number of fused-ring (bicyclic) bond motifs is 1. The van der Waals surface area contributed by atoms with E-state index in [1.165, 1.54) is 5.56 Å². The van der Waals surface area contributed by atoms with E-state index in [4.69, 9.17) is 5.73 Å². The van der Waals surface area contributed by atoms with E-state index in [1.807, 2.05) is 25.4 Å². The topological polar surface area (TPSA) is 80.0 Å². The van der Waals surface area contributed by atoms with E-state index in [-0.39, 0.29) is 0 Å². The molecule has 122 valence electrons. The van der Waals surface area contributed by atoms with E-state index in [9.17, 15) is 0 Å². The van der Waals surface area contributed by atoms with Crippen LogP contribution >= 0.6 is 0 Å². The van der Waals surface area contributed by atoms with Gasteiger partial charge in [0, 0.05) is 37.1 Å². The molecule has 0 bridgehead atoms. The van der Waals surface area contributed by atoms with E-state index in [1.54, 1.807) is 6.20 Å². The molecule has 3 heterocycles. The van der Waals surface area contributed by atoms with Gasteiger partial charge in [0.1, 0.15) is 0 Å². The summed E-state index contributed by atoms with van der Waals surface area (Å²) in [6.45, 7) is 6.75. The van der Waals surface area contributed by atoms with Crippen LogP contribution in [0.25, 0.3) is 0 Å². The Morgan fingerprint density at radius 1 is 1.30 bits per heavy atom. The molecule has 6 heteroatoms. The minimum Gasteiger partial charge on any atom is -0.330 e. The second-order valence-electron chi connectivity index (χ2n) is 6.09. The van der Waals surface area contributed by atoms with Crippen LogP contribution in [0, 0.1) is 6.92 Å². The Hall–Kier alpha value is -2.05. The molecule has 1 atom stereocenters. The Labute approximate surface area is 137 Å². The lowest BCUT2D eigenvalue weighted by Gasteiger charge is -2.25. The first-order chi connectivity index (χ1) is 11.2. The van der Waals surface area contributed by atoms with Crippen LogP contribution in [0.1, 0.15) is 36.6 Å². The van der Waals surface area contributed by atoms with Crippen LogP contribution in [0.5, 0.6) is 0 Å². The zero-order chi connectivity index (χ0) is 16.2. The minimum atomic E-state index is 0.520. The Bertz CT molecular complexity index is 672. The zero-order valence-electron chi connectivity index (χ0n) is 13.8. The molecule has 6 nitrogen and oxygen atoms in total. The van der Waals surface area contributed by atoms with Crippen molar-refractivity contribution in [3.05, 3.63) is 41.5 Å². The molecule has 1 aliphatic heterocycles. The minimum absolute atomic E-state index is 0.520. The normalized spacial score (nSPS) is 15.4. The van der Waals surface area contributed by atoms with Gasteiger partial charge in [-0.3, -0.25) is 9.88 Å². The highest BCUT2D eigenvalue weighted by Gasteiger charge is 2.26. The number of hydrogen-bond acceptors (Lipinski definition) is 6. The number of hydrogen-bond donors (Lipinski definition) is 2. The van der Waals surface area contributed by atoms with Crippen molar-refractivity contribution in [2.45, 2.75) is 45.8 Å². The number of nitrogens with two attached hydrogens (primary N) is 1. The van der Waals surface area contributed by atoms with Crippen LogP contribution in [-0.2, 0) is 13.1 Å². The fourth-order valence-electron chi connectivity index (χ4n) is 3.09. The molecule has 1 aliphatic rings. The molecule has 0 saturated heterocycles. The molecule has 0 spiro atoms. The molecule has 0 saturated carbocycles. The molecule has 0 radical (unpaired) electrons. The quantitative estimate of drug-likeness (QED) is 0.852. The van der Waals surface area contributed by atoms with Crippen LogP contribution in [0.3, 0.4) is 0 Å². The average molecular weight is 312 g/mol. The molecule has 0 aliphatic carbocycles. The number of nitrogens with one attached hydrogen (secondary N) is 1.